The zero-order chi connectivity index (χ0) is 19.8. The van der Waals surface area contributed by atoms with Crippen LogP contribution in [0, 0.1) is 10.1 Å². The lowest BCUT2D eigenvalue weighted by atomic mass is 10.2. The summed E-state index contributed by atoms with van der Waals surface area (Å²) in [6.45, 7) is 1.21. The van der Waals surface area contributed by atoms with Gasteiger partial charge in [0.05, 0.1) is 4.92 Å². The van der Waals surface area contributed by atoms with Crippen LogP contribution < -0.4 is 10.1 Å². The van der Waals surface area contributed by atoms with Gasteiger partial charge in [-0.25, -0.2) is 4.79 Å². The van der Waals surface area contributed by atoms with E-state index in [1.165, 1.54) is 31.2 Å². The van der Waals surface area contributed by atoms with Crippen molar-refractivity contribution in [3.63, 3.8) is 0 Å². The maximum absolute atomic E-state index is 12.0. The number of carbonyl (C=O) groups excluding carboxylic acids is 2. The van der Waals surface area contributed by atoms with Crippen LogP contribution in [-0.4, -0.2) is 29.5 Å². The summed E-state index contributed by atoms with van der Waals surface area (Å²) in [7, 11) is 0. The second kappa shape index (κ2) is 9.54. The highest BCUT2D eigenvalue weighted by Gasteiger charge is 2.18. The first-order valence-corrected chi connectivity index (χ1v) is 8.32. The van der Waals surface area contributed by atoms with Crippen molar-refractivity contribution in [1.29, 1.82) is 0 Å². The number of nitrogens with one attached hydrogen (secondary N) is 1. The van der Waals surface area contributed by atoms with Gasteiger partial charge in [0.2, 0.25) is 0 Å². The third kappa shape index (κ3) is 6.27. The van der Waals surface area contributed by atoms with E-state index in [9.17, 15) is 19.7 Å². The average molecular weight is 393 g/mol. The van der Waals surface area contributed by atoms with E-state index in [1.54, 1.807) is 24.3 Å². The monoisotopic (exact) mass is 392 g/mol. The maximum atomic E-state index is 12.0. The molecular weight excluding hydrogens is 376 g/mol. The SMILES string of the molecule is C[C@H](OC(=O)COc1ccc([N+](=O)[O-])cc1)C(=O)NCc1ccccc1Cl. The number of rotatable bonds is 8. The standard InChI is InChI=1S/C18H17ClN2O6/c1-12(18(23)20-10-13-4-2-3-5-16(13)19)27-17(22)11-26-15-8-6-14(7-9-15)21(24)25/h2-9,12H,10-11H2,1H3,(H,20,23)/t12-/m0/s1. The first-order chi connectivity index (χ1) is 12.9. The summed E-state index contributed by atoms with van der Waals surface area (Å²) >= 11 is 6.01. The molecule has 0 aliphatic carbocycles. The summed E-state index contributed by atoms with van der Waals surface area (Å²) in [4.78, 5) is 33.8. The molecule has 1 N–H and O–H groups in total. The first kappa shape index (κ1) is 20.2. The summed E-state index contributed by atoms with van der Waals surface area (Å²) in [5.41, 5.74) is 0.654. The number of amides is 1. The van der Waals surface area contributed by atoms with Gasteiger partial charge in [0.15, 0.2) is 12.7 Å². The summed E-state index contributed by atoms with van der Waals surface area (Å²) in [6, 6.07) is 12.3. The van der Waals surface area contributed by atoms with Gasteiger partial charge in [0.1, 0.15) is 5.75 Å². The summed E-state index contributed by atoms with van der Waals surface area (Å²) in [5, 5.41) is 13.7. The zero-order valence-electron chi connectivity index (χ0n) is 14.4. The number of halogens is 1. The minimum absolute atomic E-state index is 0.0891. The Kier molecular flexibility index (Phi) is 7.13. The molecule has 1 atom stereocenters. The van der Waals surface area contributed by atoms with Crippen molar-refractivity contribution in [2.75, 3.05) is 6.61 Å². The molecule has 142 valence electrons. The van der Waals surface area contributed by atoms with Crippen molar-refractivity contribution in [3.8, 4) is 5.75 Å². The molecule has 0 aliphatic heterocycles. The molecule has 0 saturated carbocycles. The highest BCUT2D eigenvalue weighted by atomic mass is 35.5. The summed E-state index contributed by atoms with van der Waals surface area (Å²) in [6.07, 6.45) is -1.01. The van der Waals surface area contributed by atoms with Crippen molar-refractivity contribution >= 4 is 29.2 Å². The van der Waals surface area contributed by atoms with E-state index in [0.717, 1.165) is 5.56 Å². The van der Waals surface area contributed by atoms with Gasteiger partial charge in [0.25, 0.3) is 11.6 Å². The molecule has 2 rings (SSSR count). The van der Waals surface area contributed by atoms with Crippen LogP contribution in [0.1, 0.15) is 12.5 Å². The quantitative estimate of drug-likeness (QED) is 0.420. The van der Waals surface area contributed by atoms with Gasteiger partial charge in [-0.3, -0.25) is 14.9 Å². The smallest absolute Gasteiger partial charge is 0.344 e. The van der Waals surface area contributed by atoms with Gasteiger partial charge < -0.3 is 14.8 Å². The highest BCUT2D eigenvalue weighted by Crippen LogP contribution is 2.17. The van der Waals surface area contributed by atoms with Gasteiger partial charge in [-0.05, 0) is 30.7 Å². The van der Waals surface area contributed by atoms with E-state index in [-0.39, 0.29) is 18.0 Å². The van der Waals surface area contributed by atoms with E-state index in [1.807, 2.05) is 0 Å². The van der Waals surface area contributed by atoms with E-state index >= 15 is 0 Å². The number of non-ortho nitro benzene ring substituents is 1. The maximum Gasteiger partial charge on any atom is 0.344 e. The fourth-order valence-electron chi connectivity index (χ4n) is 2.06. The lowest BCUT2D eigenvalue weighted by Crippen LogP contribution is -2.36. The van der Waals surface area contributed by atoms with E-state index in [4.69, 9.17) is 21.1 Å². The van der Waals surface area contributed by atoms with Gasteiger partial charge in [-0.2, -0.15) is 0 Å². The molecule has 27 heavy (non-hydrogen) atoms. The van der Waals surface area contributed by atoms with E-state index in [0.29, 0.717) is 5.02 Å². The van der Waals surface area contributed by atoms with Gasteiger partial charge >= 0.3 is 5.97 Å². The largest absolute Gasteiger partial charge is 0.482 e. The van der Waals surface area contributed by atoms with Crippen molar-refractivity contribution in [3.05, 3.63) is 69.2 Å². The topological polar surface area (TPSA) is 108 Å². The molecule has 1 amide bonds. The predicted octanol–water partition coefficient (Wildman–Crippen LogP) is 2.88. The molecule has 0 aliphatic rings. The predicted molar refractivity (Wildman–Crippen MR) is 97.4 cm³/mol. The highest BCUT2D eigenvalue weighted by molar-refractivity contribution is 6.31. The van der Waals surface area contributed by atoms with Crippen molar-refractivity contribution in [2.24, 2.45) is 0 Å². The molecule has 2 aromatic rings. The fourth-order valence-corrected chi connectivity index (χ4v) is 2.26. The van der Waals surface area contributed by atoms with Crippen molar-refractivity contribution in [1.82, 2.24) is 5.32 Å². The molecule has 0 unspecified atom stereocenters. The number of esters is 1. The van der Waals surface area contributed by atoms with Gasteiger partial charge in [-0.15, -0.1) is 0 Å². The number of benzene rings is 2. The molecule has 9 heteroatoms. The summed E-state index contributed by atoms with van der Waals surface area (Å²) in [5.74, 6) is -0.944. The number of hydrogen-bond acceptors (Lipinski definition) is 6. The minimum Gasteiger partial charge on any atom is -0.482 e. The Balaban J connectivity index is 1.76. The Bertz CT molecular complexity index is 825. The molecule has 0 radical (unpaired) electrons. The lowest BCUT2D eigenvalue weighted by molar-refractivity contribution is -0.384. The Morgan fingerprint density at radius 3 is 2.48 bits per heavy atom. The Labute approximate surface area is 160 Å². The summed E-state index contributed by atoms with van der Waals surface area (Å²) < 4.78 is 10.2. The van der Waals surface area contributed by atoms with Gasteiger partial charge in [0, 0.05) is 23.7 Å². The normalized spacial score (nSPS) is 11.3. The minimum atomic E-state index is -1.01. The van der Waals surface area contributed by atoms with Crippen molar-refractivity contribution in [2.45, 2.75) is 19.6 Å². The van der Waals surface area contributed by atoms with E-state index in [2.05, 4.69) is 5.32 Å². The fraction of sp³-hybridized carbons (Fsp3) is 0.222. The van der Waals surface area contributed by atoms with Crippen LogP contribution >= 0.6 is 11.6 Å². The molecule has 0 spiro atoms. The van der Waals surface area contributed by atoms with Crippen LogP contribution in [0.5, 0.6) is 5.75 Å². The van der Waals surface area contributed by atoms with Crippen LogP contribution in [-0.2, 0) is 20.9 Å². The van der Waals surface area contributed by atoms with Crippen LogP contribution in [0.25, 0.3) is 0 Å². The zero-order valence-corrected chi connectivity index (χ0v) is 15.1. The molecule has 0 bridgehead atoms. The molecule has 8 nitrogen and oxygen atoms in total. The Hall–Kier alpha value is -3.13. The number of carbonyl (C=O) groups is 2. The molecule has 0 heterocycles. The second-order valence-corrected chi connectivity index (χ2v) is 5.89. The van der Waals surface area contributed by atoms with E-state index < -0.39 is 29.5 Å². The lowest BCUT2D eigenvalue weighted by Gasteiger charge is -2.14. The average Bonchev–Trinajstić information content (AvgIpc) is 2.65. The first-order valence-electron chi connectivity index (χ1n) is 7.94. The third-order valence-corrected chi connectivity index (χ3v) is 3.86. The molecule has 0 fully saturated rings. The number of ether oxygens (including phenoxy) is 2. The Morgan fingerprint density at radius 2 is 1.85 bits per heavy atom. The number of nitro groups is 1. The molecule has 2 aromatic carbocycles. The molecule has 0 aromatic heterocycles. The van der Waals surface area contributed by atoms with Crippen molar-refractivity contribution < 1.29 is 24.0 Å². The Morgan fingerprint density at radius 1 is 1.19 bits per heavy atom. The van der Waals surface area contributed by atoms with Crippen LogP contribution in [0.4, 0.5) is 5.69 Å². The number of hydrogen-bond donors (Lipinski definition) is 1. The van der Waals surface area contributed by atoms with Gasteiger partial charge in [-0.1, -0.05) is 29.8 Å². The van der Waals surface area contributed by atoms with Crippen LogP contribution in [0.3, 0.4) is 0 Å². The molecular formula is C18H17ClN2O6. The van der Waals surface area contributed by atoms with Crippen LogP contribution in [0.2, 0.25) is 5.02 Å². The molecule has 0 saturated heterocycles. The van der Waals surface area contributed by atoms with Crippen LogP contribution in [0.15, 0.2) is 48.5 Å². The number of nitro benzene ring substituents is 1. The number of nitrogens with zero attached hydrogens (tertiary/aromatic N) is 1. The second-order valence-electron chi connectivity index (χ2n) is 5.48. The third-order valence-electron chi connectivity index (χ3n) is 3.49.